The van der Waals surface area contributed by atoms with Crippen LogP contribution in [0, 0.1) is 0 Å². The van der Waals surface area contributed by atoms with E-state index in [9.17, 15) is 8.42 Å². The maximum atomic E-state index is 12.6. The predicted octanol–water partition coefficient (Wildman–Crippen LogP) is 1.39. The molecule has 1 aliphatic heterocycles. The van der Waals surface area contributed by atoms with Crippen molar-refractivity contribution in [2.45, 2.75) is 42.4 Å². The number of sulfonamides is 1. The van der Waals surface area contributed by atoms with E-state index in [0.29, 0.717) is 13.2 Å². The fraction of sp³-hybridized carbons (Fsp3) is 0.643. The average Bonchev–Trinajstić information content (AvgIpc) is 2.96. The van der Waals surface area contributed by atoms with Gasteiger partial charge in [0.15, 0.2) is 5.79 Å². The fourth-order valence-corrected chi connectivity index (χ4v) is 4.43. The lowest BCUT2D eigenvalue weighted by molar-refractivity contribution is -0.181. The Kier molecular flexibility index (Phi) is 4.00. The van der Waals surface area contributed by atoms with E-state index >= 15 is 0 Å². The van der Waals surface area contributed by atoms with Crippen LogP contribution in [0.1, 0.15) is 25.7 Å². The molecule has 1 aliphatic carbocycles. The summed E-state index contributed by atoms with van der Waals surface area (Å²) in [4.78, 5) is 4.13. The van der Waals surface area contributed by atoms with Crippen molar-refractivity contribution in [2.24, 2.45) is 0 Å². The molecular formula is C14H20N2O4S. The Balaban J connectivity index is 1.70. The van der Waals surface area contributed by atoms with Crippen molar-refractivity contribution >= 4 is 10.0 Å². The zero-order valence-electron chi connectivity index (χ0n) is 12.1. The maximum absolute atomic E-state index is 12.6. The van der Waals surface area contributed by atoms with E-state index in [-0.39, 0.29) is 10.9 Å². The van der Waals surface area contributed by atoms with Crippen molar-refractivity contribution in [3.63, 3.8) is 0 Å². The van der Waals surface area contributed by atoms with E-state index in [1.807, 2.05) is 0 Å². The zero-order chi connectivity index (χ0) is 14.9. The monoisotopic (exact) mass is 312 g/mol. The molecule has 0 aromatic carbocycles. The Morgan fingerprint density at radius 2 is 1.95 bits per heavy atom. The van der Waals surface area contributed by atoms with Gasteiger partial charge in [-0.05, 0) is 25.0 Å². The van der Waals surface area contributed by atoms with Crippen LogP contribution >= 0.6 is 0 Å². The van der Waals surface area contributed by atoms with E-state index < -0.39 is 15.8 Å². The number of aromatic nitrogens is 1. The first-order chi connectivity index (χ1) is 10.0. The van der Waals surface area contributed by atoms with Gasteiger partial charge in [0.25, 0.3) is 0 Å². The molecule has 7 heteroatoms. The third kappa shape index (κ3) is 2.83. The molecule has 1 aromatic heterocycles. The predicted molar refractivity (Wildman–Crippen MR) is 76.1 cm³/mol. The second-order valence-corrected chi connectivity index (χ2v) is 7.55. The lowest BCUT2D eigenvalue weighted by Crippen LogP contribution is -2.44. The highest BCUT2D eigenvalue weighted by atomic mass is 32.2. The molecule has 116 valence electrons. The molecule has 0 atom stereocenters. The van der Waals surface area contributed by atoms with Gasteiger partial charge in [-0.2, -0.15) is 4.31 Å². The van der Waals surface area contributed by atoms with Crippen molar-refractivity contribution < 1.29 is 17.9 Å². The van der Waals surface area contributed by atoms with Crippen LogP contribution in [0.4, 0.5) is 0 Å². The third-order valence-electron chi connectivity index (χ3n) is 4.36. The lowest BCUT2D eigenvalue weighted by Gasteiger charge is -2.38. The van der Waals surface area contributed by atoms with Crippen molar-refractivity contribution in [1.82, 2.24) is 9.29 Å². The van der Waals surface area contributed by atoms with Crippen molar-refractivity contribution in [3.8, 4) is 0 Å². The smallest absolute Gasteiger partial charge is 0.244 e. The molecule has 2 fully saturated rings. The molecule has 1 spiro atoms. The van der Waals surface area contributed by atoms with Gasteiger partial charge in [-0.25, -0.2) is 8.42 Å². The van der Waals surface area contributed by atoms with E-state index in [1.54, 1.807) is 25.4 Å². The van der Waals surface area contributed by atoms with Crippen LogP contribution in [0.15, 0.2) is 29.4 Å². The molecule has 0 unspecified atom stereocenters. The van der Waals surface area contributed by atoms with Gasteiger partial charge in [0.05, 0.1) is 13.2 Å². The van der Waals surface area contributed by atoms with Crippen molar-refractivity contribution in [3.05, 3.63) is 24.5 Å². The topological polar surface area (TPSA) is 68.7 Å². The summed E-state index contributed by atoms with van der Waals surface area (Å²) in [7, 11) is -1.84. The zero-order valence-corrected chi connectivity index (χ0v) is 12.9. The van der Waals surface area contributed by atoms with Crippen LogP contribution in [-0.4, -0.2) is 49.8 Å². The number of rotatable bonds is 3. The fourth-order valence-electron chi connectivity index (χ4n) is 3.05. The molecule has 1 saturated carbocycles. The summed E-state index contributed by atoms with van der Waals surface area (Å²) in [6.07, 6.45) is 5.93. The molecule has 1 saturated heterocycles. The summed E-state index contributed by atoms with van der Waals surface area (Å²) < 4.78 is 38.0. The molecule has 0 N–H and O–H groups in total. The second-order valence-electron chi connectivity index (χ2n) is 5.55. The normalized spacial score (nSPS) is 23.0. The van der Waals surface area contributed by atoms with Crippen LogP contribution < -0.4 is 0 Å². The van der Waals surface area contributed by atoms with E-state index in [2.05, 4.69) is 4.98 Å². The Morgan fingerprint density at radius 3 is 2.52 bits per heavy atom. The molecule has 2 aliphatic rings. The summed E-state index contributed by atoms with van der Waals surface area (Å²) in [5.74, 6) is -0.463. The van der Waals surface area contributed by atoms with Crippen LogP contribution in [0.3, 0.4) is 0 Å². The quantitative estimate of drug-likeness (QED) is 0.843. The number of hydrogen-bond acceptors (Lipinski definition) is 5. The van der Waals surface area contributed by atoms with Crippen LogP contribution in [0.25, 0.3) is 0 Å². The Hall–Kier alpha value is -1.02. The number of nitrogens with zero attached hydrogens (tertiary/aromatic N) is 2. The molecule has 0 bridgehead atoms. The highest BCUT2D eigenvalue weighted by Crippen LogP contribution is 2.38. The number of pyridine rings is 1. The minimum absolute atomic E-state index is 0.0198. The highest BCUT2D eigenvalue weighted by molar-refractivity contribution is 7.89. The molecule has 6 nitrogen and oxygen atoms in total. The number of ether oxygens (including phenoxy) is 2. The van der Waals surface area contributed by atoms with Gasteiger partial charge in [-0.1, -0.05) is 0 Å². The molecule has 0 amide bonds. The first kappa shape index (κ1) is 14.9. The summed E-state index contributed by atoms with van der Waals surface area (Å²) in [5.41, 5.74) is 0. The van der Waals surface area contributed by atoms with Gasteiger partial charge in [-0.15, -0.1) is 0 Å². The largest absolute Gasteiger partial charge is 0.348 e. The average molecular weight is 312 g/mol. The molecular weight excluding hydrogens is 292 g/mol. The van der Waals surface area contributed by atoms with Crippen molar-refractivity contribution in [2.75, 3.05) is 20.3 Å². The summed E-state index contributed by atoms with van der Waals surface area (Å²) in [5, 5.41) is 0. The van der Waals surface area contributed by atoms with Gasteiger partial charge < -0.3 is 9.47 Å². The minimum atomic E-state index is -3.48. The molecule has 21 heavy (non-hydrogen) atoms. The second kappa shape index (κ2) is 5.64. The van der Waals surface area contributed by atoms with E-state index in [1.165, 1.54) is 10.5 Å². The molecule has 1 aromatic rings. The van der Waals surface area contributed by atoms with Gasteiger partial charge in [0, 0.05) is 38.3 Å². The van der Waals surface area contributed by atoms with E-state index in [0.717, 1.165) is 25.7 Å². The van der Waals surface area contributed by atoms with Gasteiger partial charge >= 0.3 is 0 Å². The van der Waals surface area contributed by atoms with Gasteiger partial charge in [0.2, 0.25) is 10.0 Å². The molecule has 3 rings (SSSR count). The third-order valence-corrected chi connectivity index (χ3v) is 6.25. The molecule has 2 heterocycles. The Morgan fingerprint density at radius 1 is 1.29 bits per heavy atom. The van der Waals surface area contributed by atoms with Gasteiger partial charge in [-0.3, -0.25) is 4.98 Å². The van der Waals surface area contributed by atoms with E-state index in [4.69, 9.17) is 9.47 Å². The SMILES string of the molecule is CN(C1CCC2(CC1)OCCO2)S(=O)(=O)c1cccnc1. The lowest BCUT2D eigenvalue weighted by atomic mass is 9.90. The van der Waals surface area contributed by atoms with Crippen LogP contribution in [0.5, 0.6) is 0 Å². The summed E-state index contributed by atoms with van der Waals surface area (Å²) >= 11 is 0. The highest BCUT2D eigenvalue weighted by Gasteiger charge is 2.42. The summed E-state index contributed by atoms with van der Waals surface area (Å²) in [6.45, 7) is 1.27. The summed E-state index contributed by atoms with van der Waals surface area (Å²) in [6, 6.07) is 3.19. The minimum Gasteiger partial charge on any atom is -0.348 e. The first-order valence-corrected chi connectivity index (χ1v) is 8.64. The molecule has 0 radical (unpaired) electrons. The van der Waals surface area contributed by atoms with Gasteiger partial charge in [0.1, 0.15) is 4.90 Å². The van der Waals surface area contributed by atoms with Crippen LogP contribution in [0.2, 0.25) is 0 Å². The Labute approximate surface area is 125 Å². The Bertz CT molecular complexity index is 574. The van der Waals surface area contributed by atoms with Crippen molar-refractivity contribution in [1.29, 1.82) is 0 Å². The standard InChI is InChI=1S/C14H20N2O4S/c1-16(21(17,18)13-3-2-8-15-11-13)12-4-6-14(7-5-12)19-9-10-20-14/h2-3,8,11-12H,4-7,9-10H2,1H3. The maximum Gasteiger partial charge on any atom is 0.244 e. The first-order valence-electron chi connectivity index (χ1n) is 7.20. The van der Waals surface area contributed by atoms with Crippen LogP contribution in [-0.2, 0) is 19.5 Å². The number of hydrogen-bond donors (Lipinski definition) is 0.